The highest BCUT2D eigenvalue weighted by Crippen LogP contribution is 2.40. The number of rotatable bonds is 3. The van der Waals surface area contributed by atoms with Gasteiger partial charge in [0, 0.05) is 12.4 Å². The maximum absolute atomic E-state index is 14.4. The Kier molecular flexibility index (Phi) is 3.49. The fourth-order valence-electron chi connectivity index (χ4n) is 3.20. The van der Waals surface area contributed by atoms with Crippen LogP contribution in [-0.4, -0.2) is 20.6 Å². The summed E-state index contributed by atoms with van der Waals surface area (Å²) in [6.07, 6.45) is 8.70. The molecule has 0 atom stereocenters. The van der Waals surface area contributed by atoms with Gasteiger partial charge in [0.25, 0.3) is 0 Å². The van der Waals surface area contributed by atoms with E-state index in [1.54, 1.807) is 29.1 Å². The van der Waals surface area contributed by atoms with Crippen LogP contribution in [0.25, 0.3) is 5.69 Å². The first-order valence-corrected chi connectivity index (χ1v) is 7.15. The number of benzene rings is 1. The molecule has 0 unspecified atom stereocenters. The van der Waals surface area contributed by atoms with Gasteiger partial charge in [-0.1, -0.05) is 25.3 Å². The number of carboxylic acids is 1. The smallest absolute Gasteiger partial charge is 0.314 e. The van der Waals surface area contributed by atoms with Crippen LogP contribution in [-0.2, 0) is 10.2 Å². The number of carboxylic acid groups (broad SMARTS) is 1. The Morgan fingerprint density at radius 2 is 2.05 bits per heavy atom. The van der Waals surface area contributed by atoms with Crippen molar-refractivity contribution in [3.63, 3.8) is 0 Å². The van der Waals surface area contributed by atoms with E-state index in [-0.39, 0.29) is 0 Å². The molecule has 1 heterocycles. The number of hydrogen-bond donors (Lipinski definition) is 1. The highest BCUT2D eigenvalue weighted by atomic mass is 19.1. The van der Waals surface area contributed by atoms with E-state index in [4.69, 9.17) is 0 Å². The van der Waals surface area contributed by atoms with Gasteiger partial charge in [-0.05, 0) is 30.5 Å². The summed E-state index contributed by atoms with van der Waals surface area (Å²) in [5.74, 6) is -1.27. The number of aromatic nitrogens is 2. The third-order valence-electron chi connectivity index (χ3n) is 4.40. The molecule has 0 bridgehead atoms. The maximum Gasteiger partial charge on any atom is 0.314 e. The molecule has 1 N–H and O–H groups in total. The molecule has 0 aliphatic heterocycles. The fraction of sp³-hybridized carbons (Fsp3) is 0.375. The number of carbonyl (C=O) groups is 1. The summed E-state index contributed by atoms with van der Waals surface area (Å²) in [5, 5.41) is 9.65. The second kappa shape index (κ2) is 5.31. The van der Waals surface area contributed by atoms with Gasteiger partial charge in [0.1, 0.15) is 5.82 Å². The van der Waals surface area contributed by atoms with Gasteiger partial charge in [0.15, 0.2) is 0 Å². The second-order valence-corrected chi connectivity index (χ2v) is 5.58. The molecule has 0 radical (unpaired) electrons. The van der Waals surface area contributed by atoms with Crippen LogP contribution < -0.4 is 0 Å². The van der Waals surface area contributed by atoms with Crippen LogP contribution in [0.3, 0.4) is 0 Å². The van der Waals surface area contributed by atoms with Crippen molar-refractivity contribution in [3.8, 4) is 5.69 Å². The summed E-state index contributed by atoms with van der Waals surface area (Å²) in [5.41, 5.74) is 0.00990. The van der Waals surface area contributed by atoms with Crippen molar-refractivity contribution < 1.29 is 14.3 Å². The molecule has 1 aliphatic rings. The lowest BCUT2D eigenvalue weighted by atomic mass is 9.69. The molecular formula is C16H17FN2O2. The average molecular weight is 288 g/mol. The van der Waals surface area contributed by atoms with E-state index in [0.717, 1.165) is 19.3 Å². The maximum atomic E-state index is 14.4. The van der Waals surface area contributed by atoms with Gasteiger partial charge in [-0.15, -0.1) is 0 Å². The first-order chi connectivity index (χ1) is 10.1. The van der Waals surface area contributed by atoms with Crippen LogP contribution >= 0.6 is 0 Å². The molecule has 110 valence electrons. The van der Waals surface area contributed by atoms with Crippen LogP contribution in [0, 0.1) is 5.82 Å². The van der Waals surface area contributed by atoms with Gasteiger partial charge in [0.2, 0.25) is 0 Å². The van der Waals surface area contributed by atoms with Crippen molar-refractivity contribution >= 4 is 5.97 Å². The Morgan fingerprint density at radius 3 is 2.62 bits per heavy atom. The van der Waals surface area contributed by atoms with E-state index >= 15 is 0 Å². The minimum atomic E-state index is -0.938. The van der Waals surface area contributed by atoms with Crippen molar-refractivity contribution in [1.82, 2.24) is 9.55 Å². The van der Waals surface area contributed by atoms with Crippen LogP contribution in [0.4, 0.5) is 4.39 Å². The standard InChI is InChI=1S/C16H17FN2O2/c17-13-10-12(4-5-14(13)19-9-8-18-11-19)16(15(20)21)6-2-1-3-7-16/h4-5,8-11H,1-3,6-7H2,(H,20,21). The molecule has 4 nitrogen and oxygen atoms in total. The Morgan fingerprint density at radius 1 is 1.29 bits per heavy atom. The molecule has 5 heteroatoms. The molecule has 2 aromatic rings. The number of aliphatic carboxylic acids is 1. The molecule has 1 aromatic heterocycles. The van der Waals surface area contributed by atoms with Crippen molar-refractivity contribution in [3.05, 3.63) is 48.3 Å². The minimum Gasteiger partial charge on any atom is -0.481 e. The van der Waals surface area contributed by atoms with Gasteiger partial charge in [-0.3, -0.25) is 4.79 Å². The molecule has 0 amide bonds. The van der Waals surface area contributed by atoms with Gasteiger partial charge < -0.3 is 9.67 Å². The molecule has 1 aromatic carbocycles. The molecule has 1 fully saturated rings. The molecule has 0 saturated heterocycles. The Hall–Kier alpha value is -2.17. The van der Waals surface area contributed by atoms with Crippen molar-refractivity contribution in [1.29, 1.82) is 0 Å². The summed E-state index contributed by atoms with van der Waals surface area (Å²) in [4.78, 5) is 15.7. The molecular weight excluding hydrogens is 271 g/mol. The molecule has 0 spiro atoms. The van der Waals surface area contributed by atoms with Crippen molar-refractivity contribution in [2.24, 2.45) is 0 Å². The number of halogens is 1. The van der Waals surface area contributed by atoms with Gasteiger partial charge in [0.05, 0.1) is 17.4 Å². The molecule has 3 rings (SSSR count). The minimum absolute atomic E-state index is 0.382. The third-order valence-corrected chi connectivity index (χ3v) is 4.40. The van der Waals surface area contributed by atoms with Crippen molar-refractivity contribution in [2.45, 2.75) is 37.5 Å². The predicted molar refractivity (Wildman–Crippen MR) is 75.9 cm³/mol. The topological polar surface area (TPSA) is 55.1 Å². The lowest BCUT2D eigenvalue weighted by Crippen LogP contribution is -2.37. The number of hydrogen-bond acceptors (Lipinski definition) is 2. The van der Waals surface area contributed by atoms with Crippen molar-refractivity contribution in [2.75, 3.05) is 0 Å². The zero-order chi connectivity index (χ0) is 14.9. The SMILES string of the molecule is O=C(O)C1(c2ccc(-n3ccnc3)c(F)c2)CCCCC1. The molecule has 21 heavy (non-hydrogen) atoms. The summed E-state index contributed by atoms with van der Waals surface area (Å²) in [6, 6.07) is 4.73. The van der Waals surface area contributed by atoms with E-state index in [0.29, 0.717) is 24.1 Å². The number of imidazole rings is 1. The van der Waals surface area contributed by atoms with Crippen LogP contribution in [0.5, 0.6) is 0 Å². The van der Waals surface area contributed by atoms with E-state index in [9.17, 15) is 14.3 Å². The first kappa shape index (κ1) is 13.8. The Bertz CT molecular complexity index is 646. The highest BCUT2D eigenvalue weighted by Gasteiger charge is 2.41. The number of nitrogens with zero attached hydrogens (tertiary/aromatic N) is 2. The Balaban J connectivity index is 2.02. The van der Waals surface area contributed by atoms with Crippen LogP contribution in [0.2, 0.25) is 0 Å². The molecule has 1 saturated carbocycles. The predicted octanol–water partition coefficient (Wildman–Crippen LogP) is 3.30. The quantitative estimate of drug-likeness (QED) is 0.942. The largest absolute Gasteiger partial charge is 0.481 e. The fourth-order valence-corrected chi connectivity index (χ4v) is 3.20. The summed E-state index contributed by atoms with van der Waals surface area (Å²) in [7, 11) is 0. The van der Waals surface area contributed by atoms with Crippen LogP contribution in [0.15, 0.2) is 36.9 Å². The zero-order valence-corrected chi connectivity index (χ0v) is 11.6. The average Bonchev–Trinajstić information content (AvgIpc) is 3.01. The van der Waals surface area contributed by atoms with Crippen LogP contribution in [0.1, 0.15) is 37.7 Å². The highest BCUT2D eigenvalue weighted by molar-refractivity contribution is 5.81. The molecule has 1 aliphatic carbocycles. The lowest BCUT2D eigenvalue weighted by Gasteiger charge is -2.33. The van der Waals surface area contributed by atoms with Gasteiger partial charge in [-0.2, -0.15) is 0 Å². The zero-order valence-electron chi connectivity index (χ0n) is 11.6. The van der Waals surface area contributed by atoms with Gasteiger partial charge in [-0.25, -0.2) is 9.37 Å². The first-order valence-electron chi connectivity index (χ1n) is 7.15. The summed E-state index contributed by atoms with van der Waals surface area (Å²) >= 11 is 0. The summed E-state index contributed by atoms with van der Waals surface area (Å²) in [6.45, 7) is 0. The van der Waals surface area contributed by atoms with E-state index in [1.807, 2.05) is 0 Å². The summed E-state index contributed by atoms with van der Waals surface area (Å²) < 4.78 is 15.9. The second-order valence-electron chi connectivity index (χ2n) is 5.58. The Labute approximate surface area is 122 Å². The van der Waals surface area contributed by atoms with E-state index in [1.165, 1.54) is 12.4 Å². The lowest BCUT2D eigenvalue weighted by molar-refractivity contribution is -0.145. The van der Waals surface area contributed by atoms with E-state index in [2.05, 4.69) is 4.98 Å². The monoisotopic (exact) mass is 288 g/mol. The van der Waals surface area contributed by atoms with E-state index < -0.39 is 17.2 Å². The normalized spacial score (nSPS) is 17.6. The third kappa shape index (κ3) is 2.33. The van der Waals surface area contributed by atoms with Gasteiger partial charge >= 0.3 is 5.97 Å².